The average Bonchev–Trinajstić information content (AvgIpc) is 2.04. The van der Waals surface area contributed by atoms with Crippen LogP contribution in [0.3, 0.4) is 0 Å². The Morgan fingerprint density at radius 1 is 1.54 bits per heavy atom. The highest BCUT2D eigenvalue weighted by Gasteiger charge is 2.13. The van der Waals surface area contributed by atoms with E-state index in [4.69, 9.17) is 16.6 Å². The third-order valence-electron chi connectivity index (χ3n) is 2.04. The summed E-state index contributed by atoms with van der Waals surface area (Å²) >= 11 is 0. The number of hydrogen-bond donors (Lipinski definition) is 3. The second kappa shape index (κ2) is 3.45. The third kappa shape index (κ3) is 1.62. The average molecular weight is 180 g/mol. The minimum Gasteiger partial charge on any atom is -0.478 e. The van der Waals surface area contributed by atoms with Crippen LogP contribution >= 0.6 is 0 Å². The molecule has 0 saturated heterocycles. The summed E-state index contributed by atoms with van der Waals surface area (Å²) in [6, 6.07) is 3.32. The van der Waals surface area contributed by atoms with Crippen LogP contribution in [0.5, 0.6) is 0 Å². The van der Waals surface area contributed by atoms with Crippen LogP contribution in [0.4, 0.5) is 5.69 Å². The molecule has 0 aliphatic heterocycles. The van der Waals surface area contributed by atoms with Crippen molar-refractivity contribution in [1.29, 1.82) is 0 Å². The normalized spacial score (nSPS) is 10.0. The first-order chi connectivity index (χ1) is 6.07. The number of anilines is 1. The fourth-order valence-electron chi connectivity index (χ4n) is 1.28. The van der Waals surface area contributed by atoms with Crippen molar-refractivity contribution in [3.8, 4) is 0 Å². The first-order valence-electron chi connectivity index (χ1n) is 3.89. The van der Waals surface area contributed by atoms with E-state index in [1.54, 1.807) is 19.1 Å². The van der Waals surface area contributed by atoms with Gasteiger partial charge in [0.1, 0.15) is 0 Å². The van der Waals surface area contributed by atoms with Gasteiger partial charge in [-0.3, -0.25) is 0 Å². The van der Waals surface area contributed by atoms with E-state index in [1.807, 2.05) is 0 Å². The number of hydrogen-bond acceptors (Lipinski definition) is 3. The lowest BCUT2D eigenvalue weighted by Crippen LogP contribution is -2.09. The molecule has 13 heavy (non-hydrogen) atoms. The number of carboxylic acids is 1. The second-order valence-electron chi connectivity index (χ2n) is 2.82. The molecule has 0 aromatic heterocycles. The Morgan fingerprint density at radius 2 is 2.15 bits per heavy atom. The first kappa shape index (κ1) is 9.54. The topological polar surface area (TPSA) is 89.3 Å². The van der Waals surface area contributed by atoms with Crippen molar-refractivity contribution in [2.45, 2.75) is 13.5 Å². The molecule has 70 valence electrons. The predicted molar refractivity (Wildman–Crippen MR) is 50.4 cm³/mol. The van der Waals surface area contributed by atoms with Crippen LogP contribution in [0.1, 0.15) is 21.5 Å². The van der Waals surface area contributed by atoms with Gasteiger partial charge in [0.25, 0.3) is 0 Å². The van der Waals surface area contributed by atoms with Gasteiger partial charge < -0.3 is 16.6 Å². The van der Waals surface area contributed by atoms with Crippen molar-refractivity contribution in [3.05, 3.63) is 28.8 Å². The van der Waals surface area contributed by atoms with E-state index < -0.39 is 5.97 Å². The summed E-state index contributed by atoms with van der Waals surface area (Å²) in [5.41, 5.74) is 12.9. The zero-order chi connectivity index (χ0) is 10.0. The van der Waals surface area contributed by atoms with Crippen molar-refractivity contribution in [1.82, 2.24) is 0 Å². The fourth-order valence-corrected chi connectivity index (χ4v) is 1.28. The monoisotopic (exact) mass is 180 g/mol. The number of carboxylic acid groups (broad SMARTS) is 1. The Bertz CT molecular complexity index is 348. The van der Waals surface area contributed by atoms with Gasteiger partial charge in [-0.1, -0.05) is 6.07 Å². The summed E-state index contributed by atoms with van der Waals surface area (Å²) in [6.07, 6.45) is 0. The molecule has 4 nitrogen and oxygen atoms in total. The number of nitrogen functional groups attached to an aromatic ring is 1. The van der Waals surface area contributed by atoms with Gasteiger partial charge in [0.2, 0.25) is 0 Å². The minimum atomic E-state index is -1.01. The maximum atomic E-state index is 10.8. The summed E-state index contributed by atoms with van der Waals surface area (Å²) < 4.78 is 0. The Labute approximate surface area is 76.2 Å². The molecule has 1 rings (SSSR count). The second-order valence-corrected chi connectivity index (χ2v) is 2.82. The first-order valence-corrected chi connectivity index (χ1v) is 3.89. The van der Waals surface area contributed by atoms with E-state index in [2.05, 4.69) is 0 Å². The highest BCUT2D eigenvalue weighted by molar-refractivity contribution is 5.95. The molecule has 0 aliphatic carbocycles. The summed E-state index contributed by atoms with van der Waals surface area (Å²) in [5.74, 6) is -1.01. The van der Waals surface area contributed by atoms with Crippen molar-refractivity contribution in [2.75, 3.05) is 5.73 Å². The number of nitrogens with two attached hydrogens (primary N) is 2. The Hall–Kier alpha value is -1.55. The smallest absolute Gasteiger partial charge is 0.338 e. The molecule has 5 N–H and O–H groups in total. The van der Waals surface area contributed by atoms with Crippen LogP contribution in [0, 0.1) is 6.92 Å². The molecule has 0 heterocycles. The van der Waals surface area contributed by atoms with Crippen LogP contribution in [0.25, 0.3) is 0 Å². The zero-order valence-electron chi connectivity index (χ0n) is 7.37. The maximum absolute atomic E-state index is 10.8. The van der Waals surface area contributed by atoms with Gasteiger partial charge in [0.15, 0.2) is 0 Å². The molecule has 0 amide bonds. The minimum absolute atomic E-state index is 0.156. The molecule has 0 radical (unpaired) electrons. The lowest BCUT2D eigenvalue weighted by atomic mass is 10.0. The van der Waals surface area contributed by atoms with E-state index >= 15 is 0 Å². The lowest BCUT2D eigenvalue weighted by Gasteiger charge is -2.08. The molecule has 0 saturated carbocycles. The Morgan fingerprint density at radius 3 is 2.62 bits per heavy atom. The van der Waals surface area contributed by atoms with Crippen molar-refractivity contribution < 1.29 is 9.90 Å². The van der Waals surface area contributed by atoms with Gasteiger partial charge in [-0.25, -0.2) is 4.79 Å². The summed E-state index contributed by atoms with van der Waals surface area (Å²) in [4.78, 5) is 10.8. The van der Waals surface area contributed by atoms with E-state index in [0.717, 1.165) is 5.56 Å². The van der Waals surface area contributed by atoms with E-state index in [9.17, 15) is 4.79 Å². The number of rotatable bonds is 2. The number of benzene rings is 1. The van der Waals surface area contributed by atoms with Gasteiger partial charge in [-0.05, 0) is 24.1 Å². The van der Waals surface area contributed by atoms with Gasteiger partial charge in [0.05, 0.1) is 5.56 Å². The number of aromatic carboxylic acids is 1. The highest BCUT2D eigenvalue weighted by atomic mass is 16.4. The largest absolute Gasteiger partial charge is 0.478 e. The van der Waals surface area contributed by atoms with Crippen LogP contribution < -0.4 is 11.5 Å². The van der Waals surface area contributed by atoms with Gasteiger partial charge in [-0.2, -0.15) is 0 Å². The fraction of sp³-hybridized carbons (Fsp3) is 0.222. The molecule has 0 atom stereocenters. The molecule has 0 spiro atoms. The maximum Gasteiger partial charge on any atom is 0.338 e. The molecule has 1 aromatic rings. The van der Waals surface area contributed by atoms with Crippen LogP contribution in [0.15, 0.2) is 12.1 Å². The number of carbonyl (C=O) groups is 1. The molecule has 1 aromatic carbocycles. The van der Waals surface area contributed by atoms with Crippen LogP contribution in [-0.4, -0.2) is 11.1 Å². The SMILES string of the molecule is Cc1c(CN)ccc(N)c1C(=O)O. The molecule has 0 unspecified atom stereocenters. The van der Waals surface area contributed by atoms with E-state index in [1.165, 1.54) is 0 Å². The predicted octanol–water partition coefficient (Wildman–Crippen LogP) is 0.734. The third-order valence-corrected chi connectivity index (χ3v) is 2.04. The molecule has 0 aliphatic rings. The summed E-state index contributed by atoms with van der Waals surface area (Å²) in [5, 5.41) is 8.85. The summed E-state index contributed by atoms with van der Waals surface area (Å²) in [6.45, 7) is 2.04. The van der Waals surface area contributed by atoms with Gasteiger partial charge in [-0.15, -0.1) is 0 Å². The summed E-state index contributed by atoms with van der Waals surface area (Å²) in [7, 11) is 0. The molecule has 0 bridgehead atoms. The van der Waals surface area contributed by atoms with Crippen molar-refractivity contribution in [3.63, 3.8) is 0 Å². The highest BCUT2D eigenvalue weighted by Crippen LogP contribution is 2.20. The zero-order valence-corrected chi connectivity index (χ0v) is 7.37. The van der Waals surface area contributed by atoms with Crippen molar-refractivity contribution in [2.24, 2.45) is 5.73 Å². The van der Waals surface area contributed by atoms with Gasteiger partial charge in [0, 0.05) is 12.2 Å². The van der Waals surface area contributed by atoms with E-state index in [-0.39, 0.29) is 11.3 Å². The van der Waals surface area contributed by atoms with Crippen molar-refractivity contribution >= 4 is 11.7 Å². The van der Waals surface area contributed by atoms with E-state index in [0.29, 0.717) is 12.1 Å². The van der Waals surface area contributed by atoms with Gasteiger partial charge >= 0.3 is 5.97 Å². The Balaban J connectivity index is 3.38. The van der Waals surface area contributed by atoms with Crippen LogP contribution in [0.2, 0.25) is 0 Å². The molecular formula is C9H12N2O2. The molecule has 4 heteroatoms. The quantitative estimate of drug-likeness (QED) is 0.585. The Kier molecular flexibility index (Phi) is 2.53. The van der Waals surface area contributed by atoms with Crippen LogP contribution in [-0.2, 0) is 6.54 Å². The lowest BCUT2D eigenvalue weighted by molar-refractivity contribution is 0.0697. The molecular weight excluding hydrogens is 168 g/mol. The molecule has 0 fully saturated rings. The standard InChI is InChI=1S/C9H12N2O2/c1-5-6(4-10)2-3-7(11)8(5)9(12)13/h2-3H,4,10-11H2,1H3,(H,12,13).